The summed E-state index contributed by atoms with van der Waals surface area (Å²) in [4.78, 5) is 11.4. The minimum absolute atomic E-state index is 0. The fourth-order valence-electron chi connectivity index (χ4n) is 1.47. The van der Waals surface area contributed by atoms with E-state index in [1.54, 1.807) is 18.2 Å². The van der Waals surface area contributed by atoms with E-state index in [1.807, 2.05) is 0 Å². The highest BCUT2D eigenvalue weighted by atomic mass is 35.5. The van der Waals surface area contributed by atoms with Crippen molar-refractivity contribution in [3.05, 3.63) is 30.1 Å². The molecule has 1 aromatic carbocycles. The standard InChI is InChI=1S/C12H15FN2O.ClH/c13-10-3-1-2-4-11(10)15-12(16)8-14-7-9-5-6-9;/h1-4,9,14H,5-8H2,(H,15,16);1H. The second-order valence-corrected chi connectivity index (χ2v) is 4.10. The molecule has 0 spiro atoms. The summed E-state index contributed by atoms with van der Waals surface area (Å²) in [5.74, 6) is 0.130. The van der Waals surface area contributed by atoms with Crippen LogP contribution >= 0.6 is 12.4 Å². The van der Waals surface area contributed by atoms with E-state index in [2.05, 4.69) is 10.6 Å². The average Bonchev–Trinajstić information content (AvgIpc) is 3.05. The summed E-state index contributed by atoms with van der Waals surface area (Å²) in [6, 6.07) is 6.16. The number of carbonyl (C=O) groups excluding carboxylic acids is 1. The number of hydrogen-bond acceptors (Lipinski definition) is 2. The Kier molecular flexibility index (Phi) is 5.38. The summed E-state index contributed by atoms with van der Waals surface area (Å²) in [6.45, 7) is 1.12. The van der Waals surface area contributed by atoms with Crippen LogP contribution in [0.3, 0.4) is 0 Å². The van der Waals surface area contributed by atoms with E-state index in [0.29, 0.717) is 0 Å². The van der Waals surface area contributed by atoms with Gasteiger partial charge in [0.15, 0.2) is 0 Å². The van der Waals surface area contributed by atoms with E-state index in [-0.39, 0.29) is 30.5 Å². The molecule has 0 atom stereocenters. The largest absolute Gasteiger partial charge is 0.322 e. The van der Waals surface area contributed by atoms with E-state index in [9.17, 15) is 9.18 Å². The van der Waals surface area contributed by atoms with Crippen LogP contribution in [0.2, 0.25) is 0 Å². The Hall–Kier alpha value is -1.13. The van der Waals surface area contributed by atoms with Gasteiger partial charge >= 0.3 is 0 Å². The van der Waals surface area contributed by atoms with Gasteiger partial charge in [-0.25, -0.2) is 4.39 Å². The van der Waals surface area contributed by atoms with Crippen LogP contribution in [0.25, 0.3) is 0 Å². The van der Waals surface area contributed by atoms with Gasteiger partial charge in [-0.3, -0.25) is 4.79 Å². The van der Waals surface area contributed by atoms with Gasteiger partial charge < -0.3 is 10.6 Å². The Morgan fingerprint density at radius 3 is 2.71 bits per heavy atom. The SMILES string of the molecule is Cl.O=C(CNCC1CC1)Nc1ccccc1F. The lowest BCUT2D eigenvalue weighted by atomic mass is 10.3. The molecule has 1 aliphatic rings. The van der Waals surface area contributed by atoms with Gasteiger partial charge in [0.25, 0.3) is 0 Å². The number of para-hydroxylation sites is 1. The van der Waals surface area contributed by atoms with Crippen LogP contribution in [0.1, 0.15) is 12.8 Å². The van der Waals surface area contributed by atoms with E-state index < -0.39 is 5.82 Å². The van der Waals surface area contributed by atoms with Crippen molar-refractivity contribution in [2.24, 2.45) is 5.92 Å². The van der Waals surface area contributed by atoms with Crippen LogP contribution in [0.5, 0.6) is 0 Å². The van der Waals surface area contributed by atoms with Gasteiger partial charge in [-0.2, -0.15) is 0 Å². The number of carbonyl (C=O) groups is 1. The Bertz CT molecular complexity index is 383. The first-order valence-electron chi connectivity index (χ1n) is 5.51. The quantitative estimate of drug-likeness (QED) is 0.850. The number of anilines is 1. The molecular weight excluding hydrogens is 243 g/mol. The average molecular weight is 259 g/mol. The van der Waals surface area contributed by atoms with Gasteiger partial charge in [0.05, 0.1) is 12.2 Å². The van der Waals surface area contributed by atoms with Crippen LogP contribution < -0.4 is 10.6 Å². The zero-order chi connectivity index (χ0) is 11.4. The summed E-state index contributed by atoms with van der Waals surface area (Å²) in [7, 11) is 0. The number of benzene rings is 1. The molecule has 1 aliphatic carbocycles. The predicted molar refractivity (Wildman–Crippen MR) is 67.9 cm³/mol. The van der Waals surface area contributed by atoms with Crippen molar-refractivity contribution in [3.63, 3.8) is 0 Å². The molecule has 0 saturated heterocycles. The fourth-order valence-corrected chi connectivity index (χ4v) is 1.47. The Morgan fingerprint density at radius 1 is 1.35 bits per heavy atom. The molecule has 0 unspecified atom stereocenters. The van der Waals surface area contributed by atoms with Crippen molar-refractivity contribution >= 4 is 24.0 Å². The highest BCUT2D eigenvalue weighted by Crippen LogP contribution is 2.27. The van der Waals surface area contributed by atoms with Gasteiger partial charge in [0.2, 0.25) is 5.91 Å². The van der Waals surface area contributed by atoms with E-state index >= 15 is 0 Å². The van der Waals surface area contributed by atoms with Crippen molar-refractivity contribution in [2.75, 3.05) is 18.4 Å². The Morgan fingerprint density at radius 2 is 2.06 bits per heavy atom. The number of nitrogens with one attached hydrogen (secondary N) is 2. The zero-order valence-electron chi connectivity index (χ0n) is 9.41. The molecule has 2 N–H and O–H groups in total. The maximum atomic E-state index is 13.2. The Balaban J connectivity index is 0.00000144. The third kappa shape index (κ3) is 4.71. The van der Waals surface area contributed by atoms with Crippen LogP contribution in [-0.2, 0) is 4.79 Å². The molecule has 17 heavy (non-hydrogen) atoms. The van der Waals surface area contributed by atoms with Crippen molar-refractivity contribution in [2.45, 2.75) is 12.8 Å². The lowest BCUT2D eigenvalue weighted by molar-refractivity contribution is -0.115. The molecule has 0 aliphatic heterocycles. The second-order valence-electron chi connectivity index (χ2n) is 4.10. The Labute approximate surface area is 106 Å². The molecule has 1 amide bonds. The molecule has 0 radical (unpaired) electrons. The molecule has 1 fully saturated rings. The molecule has 3 nitrogen and oxygen atoms in total. The molecule has 5 heteroatoms. The van der Waals surface area contributed by atoms with Gasteiger partial charge in [0.1, 0.15) is 5.82 Å². The molecule has 0 bridgehead atoms. The minimum Gasteiger partial charge on any atom is -0.322 e. The van der Waals surface area contributed by atoms with Crippen molar-refractivity contribution in [1.29, 1.82) is 0 Å². The molecule has 94 valence electrons. The van der Waals surface area contributed by atoms with E-state index in [4.69, 9.17) is 0 Å². The summed E-state index contributed by atoms with van der Waals surface area (Å²) >= 11 is 0. The third-order valence-electron chi connectivity index (χ3n) is 2.56. The summed E-state index contributed by atoms with van der Waals surface area (Å²) in [5.41, 5.74) is 0.237. The number of amides is 1. The maximum absolute atomic E-state index is 13.2. The molecule has 1 aromatic rings. The molecule has 1 saturated carbocycles. The fraction of sp³-hybridized carbons (Fsp3) is 0.417. The number of hydrogen-bond donors (Lipinski definition) is 2. The summed E-state index contributed by atoms with van der Waals surface area (Å²) < 4.78 is 13.2. The lowest BCUT2D eigenvalue weighted by Crippen LogP contribution is -2.29. The predicted octanol–water partition coefficient (Wildman–Crippen LogP) is 2.19. The van der Waals surface area contributed by atoms with Crippen LogP contribution in [0.15, 0.2) is 24.3 Å². The van der Waals surface area contributed by atoms with E-state index in [0.717, 1.165) is 12.5 Å². The number of halogens is 2. The summed E-state index contributed by atoms with van der Waals surface area (Å²) in [5, 5.41) is 5.58. The number of rotatable bonds is 5. The highest BCUT2D eigenvalue weighted by molar-refractivity contribution is 5.92. The summed E-state index contributed by atoms with van der Waals surface area (Å²) in [6.07, 6.45) is 2.50. The van der Waals surface area contributed by atoms with E-state index in [1.165, 1.54) is 18.9 Å². The maximum Gasteiger partial charge on any atom is 0.238 e. The normalized spacial score (nSPS) is 13.9. The molecule has 2 rings (SSSR count). The van der Waals surface area contributed by atoms with Gasteiger partial charge in [0, 0.05) is 0 Å². The van der Waals surface area contributed by atoms with Gasteiger partial charge in [-0.15, -0.1) is 12.4 Å². The van der Waals surface area contributed by atoms with Crippen molar-refractivity contribution in [1.82, 2.24) is 5.32 Å². The van der Waals surface area contributed by atoms with Crippen LogP contribution in [0, 0.1) is 11.7 Å². The monoisotopic (exact) mass is 258 g/mol. The third-order valence-corrected chi connectivity index (χ3v) is 2.56. The first-order chi connectivity index (χ1) is 7.75. The molecule has 0 aromatic heterocycles. The van der Waals surface area contributed by atoms with Crippen molar-refractivity contribution in [3.8, 4) is 0 Å². The zero-order valence-corrected chi connectivity index (χ0v) is 10.2. The topological polar surface area (TPSA) is 41.1 Å². The second kappa shape index (κ2) is 6.57. The van der Waals surface area contributed by atoms with Crippen LogP contribution in [-0.4, -0.2) is 19.0 Å². The van der Waals surface area contributed by atoms with Gasteiger partial charge in [-0.1, -0.05) is 12.1 Å². The smallest absolute Gasteiger partial charge is 0.238 e. The van der Waals surface area contributed by atoms with Crippen molar-refractivity contribution < 1.29 is 9.18 Å². The van der Waals surface area contributed by atoms with Crippen LogP contribution in [0.4, 0.5) is 10.1 Å². The molecular formula is C12H16ClFN2O. The molecule has 0 heterocycles. The highest BCUT2D eigenvalue weighted by Gasteiger charge is 2.20. The van der Waals surface area contributed by atoms with Gasteiger partial charge in [-0.05, 0) is 37.4 Å². The minimum atomic E-state index is -0.405. The first-order valence-corrected chi connectivity index (χ1v) is 5.51. The lowest BCUT2D eigenvalue weighted by Gasteiger charge is -2.06. The first kappa shape index (κ1) is 13.9.